The number of hydrogen-bond acceptors (Lipinski definition) is 10. The molecular weight excluding hydrogens is 601 g/mol. The summed E-state index contributed by atoms with van der Waals surface area (Å²) in [6.07, 6.45) is 0.984. The first-order chi connectivity index (χ1) is 21.3. The second-order valence-corrected chi connectivity index (χ2v) is 13.5. The molecule has 12 heteroatoms. The van der Waals surface area contributed by atoms with E-state index in [0.29, 0.717) is 55.2 Å². The van der Waals surface area contributed by atoms with E-state index >= 15 is 0 Å². The van der Waals surface area contributed by atoms with Crippen LogP contribution in [0.2, 0.25) is 0 Å². The van der Waals surface area contributed by atoms with Gasteiger partial charge in [-0.05, 0) is 60.5 Å². The monoisotopic (exact) mass is 638 g/mol. The number of fused-ring (bicyclic) bond motifs is 1. The third-order valence-corrected chi connectivity index (χ3v) is 10.5. The molecule has 1 atom stereocenters. The topological polar surface area (TPSA) is 127 Å². The maximum absolute atomic E-state index is 13.1. The summed E-state index contributed by atoms with van der Waals surface area (Å²) in [7, 11) is 0. The molecule has 1 amide bonds. The molecule has 6 rings (SSSR count). The fraction of sp³-hybridized carbons (Fsp3) is 0.438. The van der Waals surface area contributed by atoms with Gasteiger partial charge in [0.15, 0.2) is 0 Å². The van der Waals surface area contributed by atoms with Crippen LogP contribution in [0.5, 0.6) is 11.5 Å². The molecule has 2 aromatic carbocycles. The maximum atomic E-state index is 13.1. The summed E-state index contributed by atoms with van der Waals surface area (Å²) < 4.78 is 12.9. The lowest BCUT2D eigenvalue weighted by Crippen LogP contribution is -2.58. The number of nitrogens with one attached hydrogen (secondary N) is 2. The van der Waals surface area contributed by atoms with Gasteiger partial charge in [0.2, 0.25) is 0 Å². The number of likely N-dealkylation sites (tertiary alicyclic amines) is 1. The lowest BCUT2D eigenvalue weighted by atomic mass is 9.89. The second kappa shape index (κ2) is 13.4. The summed E-state index contributed by atoms with van der Waals surface area (Å²) in [5.41, 5.74) is 2.81. The third kappa shape index (κ3) is 6.85. The van der Waals surface area contributed by atoms with E-state index in [1.54, 1.807) is 6.07 Å². The Morgan fingerprint density at radius 1 is 1.16 bits per heavy atom. The second-order valence-electron chi connectivity index (χ2n) is 11.6. The van der Waals surface area contributed by atoms with Crippen LogP contribution in [0.25, 0.3) is 10.2 Å². The van der Waals surface area contributed by atoms with Gasteiger partial charge >= 0.3 is 4.87 Å². The first kappa shape index (κ1) is 30.8. The zero-order chi connectivity index (χ0) is 30.7. The van der Waals surface area contributed by atoms with Gasteiger partial charge in [0.25, 0.3) is 5.91 Å². The normalized spacial score (nSPS) is 17.7. The van der Waals surface area contributed by atoms with Crippen molar-refractivity contribution in [1.29, 1.82) is 0 Å². The van der Waals surface area contributed by atoms with E-state index in [4.69, 9.17) is 9.47 Å². The van der Waals surface area contributed by atoms with E-state index in [1.807, 2.05) is 47.5 Å². The molecule has 4 heterocycles. The van der Waals surface area contributed by atoms with E-state index < -0.39 is 6.10 Å². The lowest BCUT2D eigenvalue weighted by molar-refractivity contribution is -0.127. The number of nitrogens with zero attached hydrogens (tertiary/aromatic N) is 2. The molecule has 2 aliphatic heterocycles. The molecule has 2 aromatic heterocycles. The highest BCUT2D eigenvalue weighted by atomic mass is 32.1. The molecule has 4 aromatic rings. The summed E-state index contributed by atoms with van der Waals surface area (Å²) >= 11 is 2.50. The molecule has 1 unspecified atom stereocenters. The summed E-state index contributed by atoms with van der Waals surface area (Å²) in [6, 6.07) is 13.0. The van der Waals surface area contributed by atoms with Crippen molar-refractivity contribution < 1.29 is 24.5 Å². The summed E-state index contributed by atoms with van der Waals surface area (Å²) in [5.74, 6) is 0.932. The van der Waals surface area contributed by atoms with Gasteiger partial charge in [-0.15, -0.1) is 11.3 Å². The van der Waals surface area contributed by atoms with Gasteiger partial charge in [-0.3, -0.25) is 14.5 Å². The van der Waals surface area contributed by atoms with Crippen molar-refractivity contribution in [3.8, 4) is 11.5 Å². The van der Waals surface area contributed by atoms with E-state index in [-0.39, 0.29) is 22.1 Å². The highest BCUT2D eigenvalue weighted by molar-refractivity contribution is 7.16. The minimum absolute atomic E-state index is 0.00576. The number of aromatic amines is 1. The highest BCUT2D eigenvalue weighted by Crippen LogP contribution is 2.32. The van der Waals surface area contributed by atoms with Crippen molar-refractivity contribution in [2.45, 2.75) is 38.0 Å². The third-order valence-electron chi connectivity index (χ3n) is 8.57. The van der Waals surface area contributed by atoms with Crippen molar-refractivity contribution in [1.82, 2.24) is 20.1 Å². The first-order valence-electron chi connectivity index (χ1n) is 15.0. The number of thiazole rings is 1. The predicted octanol–water partition coefficient (Wildman–Crippen LogP) is 3.87. The minimum Gasteiger partial charge on any atom is -0.506 e. The Morgan fingerprint density at radius 2 is 1.95 bits per heavy atom. The predicted molar refractivity (Wildman–Crippen MR) is 172 cm³/mol. The minimum atomic E-state index is -0.821. The molecule has 2 fully saturated rings. The average Bonchev–Trinajstić information content (AvgIpc) is 3.64. The average molecular weight is 639 g/mol. The number of hydrogen-bond donors (Lipinski definition) is 4. The number of amides is 1. The number of aryl methyl sites for hydroxylation is 1. The number of aliphatic hydroxyl groups is 1. The van der Waals surface area contributed by atoms with Crippen molar-refractivity contribution in [2.75, 3.05) is 52.5 Å². The zero-order valence-corrected chi connectivity index (χ0v) is 26.3. The van der Waals surface area contributed by atoms with E-state index in [1.165, 1.54) is 17.4 Å². The lowest BCUT2D eigenvalue weighted by Gasteiger charge is -2.47. The number of phenolic OH excluding ortho intramolecular Hbond substituents is 1. The summed E-state index contributed by atoms with van der Waals surface area (Å²) in [4.78, 5) is 32.4. The van der Waals surface area contributed by atoms with Gasteiger partial charge in [-0.2, -0.15) is 0 Å². The molecule has 0 radical (unpaired) electrons. The molecule has 2 aliphatic rings. The SMILES string of the molecule is Cc1ccsc1C(=O)N1CCOC2(CCN(CCOc3ccc(CNCC(O)c4ccc(O)c5[nH]c(=O)sc45)cc3)CC2)C1. The Balaban J connectivity index is 0.912. The van der Waals surface area contributed by atoms with Gasteiger partial charge < -0.3 is 34.9 Å². The Hall–Kier alpha value is -3.26. The molecule has 4 N–H and O–H groups in total. The van der Waals surface area contributed by atoms with Gasteiger partial charge in [-0.1, -0.05) is 29.5 Å². The van der Waals surface area contributed by atoms with Crippen LogP contribution in [0.4, 0.5) is 0 Å². The van der Waals surface area contributed by atoms with Crippen LogP contribution in [0.1, 0.15) is 45.3 Å². The number of aromatic hydroxyl groups is 1. The highest BCUT2D eigenvalue weighted by Gasteiger charge is 2.41. The number of ether oxygens (including phenoxy) is 2. The number of thiophene rings is 1. The van der Waals surface area contributed by atoms with Gasteiger partial charge in [0, 0.05) is 44.8 Å². The number of aliphatic hydroxyl groups excluding tert-OH is 1. The van der Waals surface area contributed by atoms with E-state index in [0.717, 1.165) is 65.6 Å². The van der Waals surface area contributed by atoms with Crippen molar-refractivity contribution in [3.05, 3.63) is 79.1 Å². The number of carbonyl (C=O) groups excluding carboxylic acids is 1. The zero-order valence-electron chi connectivity index (χ0n) is 24.7. The quantitative estimate of drug-likeness (QED) is 0.206. The summed E-state index contributed by atoms with van der Waals surface area (Å²) in [6.45, 7) is 8.00. The number of rotatable bonds is 10. The fourth-order valence-electron chi connectivity index (χ4n) is 6.00. The van der Waals surface area contributed by atoms with Crippen LogP contribution in [-0.2, 0) is 11.3 Å². The number of carbonyl (C=O) groups is 1. The Bertz CT molecular complexity index is 1640. The Morgan fingerprint density at radius 3 is 2.70 bits per heavy atom. The van der Waals surface area contributed by atoms with Crippen molar-refractivity contribution >= 4 is 38.8 Å². The molecular formula is C32H38N4O6S2. The van der Waals surface area contributed by atoms with Crippen LogP contribution < -0.4 is 14.9 Å². The van der Waals surface area contributed by atoms with Crippen molar-refractivity contribution in [2.24, 2.45) is 0 Å². The molecule has 0 aliphatic carbocycles. The van der Waals surface area contributed by atoms with Gasteiger partial charge in [-0.25, -0.2) is 0 Å². The molecule has 0 saturated carbocycles. The number of benzene rings is 2. The standard InChI is InChI=1S/C32H38N4O6S2/c1-21-8-17-43-28(21)30(39)36-14-16-42-32(20-36)9-11-35(12-10-32)13-15-41-23-4-2-22(3-5-23)18-33-19-26(38)24-6-7-25(37)27-29(24)44-31(40)34-27/h2-8,17,26,33,37-38H,9-16,18-20H2,1H3,(H,34,40). The van der Waals surface area contributed by atoms with Crippen LogP contribution in [0.15, 0.2) is 52.6 Å². The fourth-order valence-corrected chi connectivity index (χ4v) is 7.81. The van der Waals surface area contributed by atoms with E-state index in [9.17, 15) is 19.8 Å². The van der Waals surface area contributed by atoms with Crippen LogP contribution >= 0.6 is 22.7 Å². The summed E-state index contributed by atoms with van der Waals surface area (Å²) in [5, 5.41) is 25.9. The molecule has 234 valence electrons. The van der Waals surface area contributed by atoms with Crippen molar-refractivity contribution in [3.63, 3.8) is 0 Å². The number of phenols is 1. The Labute approximate surface area is 263 Å². The van der Waals surface area contributed by atoms with Crippen LogP contribution in [0.3, 0.4) is 0 Å². The van der Waals surface area contributed by atoms with Crippen LogP contribution in [0, 0.1) is 6.92 Å². The van der Waals surface area contributed by atoms with Gasteiger partial charge in [0.05, 0.1) is 34.4 Å². The largest absolute Gasteiger partial charge is 0.506 e. The van der Waals surface area contributed by atoms with Crippen LogP contribution in [-0.4, -0.2) is 89.0 Å². The molecule has 2 saturated heterocycles. The number of piperidine rings is 1. The molecule has 0 bridgehead atoms. The van der Waals surface area contributed by atoms with Gasteiger partial charge in [0.1, 0.15) is 23.6 Å². The number of morpholine rings is 1. The molecule has 10 nitrogen and oxygen atoms in total. The molecule has 44 heavy (non-hydrogen) atoms. The maximum Gasteiger partial charge on any atom is 0.305 e. The Kier molecular flexibility index (Phi) is 9.36. The van der Waals surface area contributed by atoms with E-state index in [2.05, 4.69) is 15.2 Å². The number of H-pyrrole nitrogens is 1. The number of aromatic nitrogens is 1. The molecule has 1 spiro atoms. The first-order valence-corrected chi connectivity index (χ1v) is 16.6. The smallest absolute Gasteiger partial charge is 0.305 e.